The predicted octanol–water partition coefficient (Wildman–Crippen LogP) is -0.335. The van der Waals surface area contributed by atoms with Gasteiger partial charge in [0.2, 0.25) is 0 Å². The molecule has 0 aliphatic carbocycles. The second-order valence-corrected chi connectivity index (χ2v) is 1.58. The maximum absolute atomic E-state index is 5.36. The van der Waals surface area contributed by atoms with E-state index in [1.807, 2.05) is 0 Å². The van der Waals surface area contributed by atoms with Gasteiger partial charge in [0.15, 0.2) is 0 Å². The maximum Gasteiger partial charge on any atom is 0.272 e. The number of anilines is 2. The first-order valence-corrected chi connectivity index (χ1v) is 2.32. The van der Waals surface area contributed by atoms with E-state index in [0.717, 1.165) is 0 Å². The molecule has 0 bridgehead atoms. The van der Waals surface area contributed by atoms with E-state index in [4.69, 9.17) is 11.5 Å². The zero-order valence-electron chi connectivity index (χ0n) is 4.39. The third kappa shape index (κ3) is 0.872. The van der Waals surface area contributed by atoms with Crippen LogP contribution in [0, 0.1) is 0 Å². The second kappa shape index (κ2) is 1.69. The van der Waals surface area contributed by atoms with Crippen molar-refractivity contribution in [2.75, 3.05) is 11.5 Å². The molecule has 0 amide bonds. The van der Waals surface area contributed by atoms with Gasteiger partial charge in [0.1, 0.15) is 0 Å². The van der Waals surface area contributed by atoms with E-state index >= 15 is 0 Å². The normalized spacial score (nSPS) is 9.00. The first kappa shape index (κ1) is 4.90. The first-order chi connectivity index (χ1) is 3.79. The van der Waals surface area contributed by atoms with E-state index in [9.17, 15) is 0 Å². The summed E-state index contributed by atoms with van der Waals surface area (Å²) in [4.78, 5) is 2.77. The number of hydrogen-bond donors (Lipinski definition) is 2. The van der Waals surface area contributed by atoms with E-state index < -0.39 is 0 Å². The molecule has 1 aromatic heterocycles. The summed E-state index contributed by atoms with van der Waals surface area (Å²) < 4.78 is 0. The fourth-order valence-corrected chi connectivity index (χ4v) is 0.503. The zero-order valence-corrected chi connectivity index (χ0v) is 4.39. The Hall–Kier alpha value is -1.25. The van der Waals surface area contributed by atoms with Crippen molar-refractivity contribution in [3.05, 3.63) is 18.3 Å². The van der Waals surface area contributed by atoms with Gasteiger partial charge in [-0.05, 0) is 0 Å². The molecule has 0 aliphatic heterocycles. The molecule has 0 unspecified atom stereocenters. The van der Waals surface area contributed by atoms with Crippen molar-refractivity contribution in [2.24, 2.45) is 0 Å². The maximum atomic E-state index is 5.36. The number of nitrogens with one attached hydrogen (secondary N) is 1. The topological polar surface area (TPSA) is 66.2 Å². The van der Waals surface area contributed by atoms with Gasteiger partial charge in [-0.25, -0.2) is 4.98 Å². The van der Waals surface area contributed by atoms with Crippen LogP contribution in [0.25, 0.3) is 0 Å². The third-order valence-electron chi connectivity index (χ3n) is 0.848. The van der Waals surface area contributed by atoms with Crippen LogP contribution in [-0.4, -0.2) is 0 Å². The van der Waals surface area contributed by atoms with Crippen molar-refractivity contribution in [3.63, 3.8) is 0 Å². The van der Waals surface area contributed by atoms with Gasteiger partial charge in [-0.15, -0.1) is 0 Å². The van der Waals surface area contributed by atoms with Crippen molar-refractivity contribution in [2.45, 2.75) is 0 Å². The van der Waals surface area contributed by atoms with Crippen LogP contribution in [0.1, 0.15) is 0 Å². The lowest BCUT2D eigenvalue weighted by Crippen LogP contribution is -2.08. The lowest BCUT2D eigenvalue weighted by molar-refractivity contribution is -0.360. The number of aromatic amines is 1. The summed E-state index contributed by atoms with van der Waals surface area (Å²) >= 11 is 0. The third-order valence-corrected chi connectivity index (χ3v) is 0.848. The molecule has 0 spiro atoms. The molecule has 0 saturated carbocycles. The van der Waals surface area contributed by atoms with Crippen LogP contribution in [0.2, 0.25) is 0 Å². The first-order valence-electron chi connectivity index (χ1n) is 2.32. The summed E-state index contributed by atoms with van der Waals surface area (Å²) in [6.45, 7) is 0. The van der Waals surface area contributed by atoms with Crippen molar-refractivity contribution >= 4 is 11.5 Å². The highest BCUT2D eigenvalue weighted by atomic mass is 14.8. The van der Waals surface area contributed by atoms with Gasteiger partial charge in [0, 0.05) is 11.8 Å². The largest absolute Gasteiger partial charge is 0.398 e. The zero-order chi connectivity index (χ0) is 5.98. The van der Waals surface area contributed by atoms with Crippen molar-refractivity contribution in [1.82, 2.24) is 0 Å². The molecular formula is C5H8N3+. The molecule has 3 heteroatoms. The van der Waals surface area contributed by atoms with Gasteiger partial charge < -0.3 is 5.73 Å². The molecule has 0 fully saturated rings. The number of nitrogens with two attached hydrogens (primary N) is 2. The SMILES string of the molecule is Nc1cc[nH+]c(N)c1. The van der Waals surface area contributed by atoms with E-state index in [1.165, 1.54) is 0 Å². The molecule has 0 saturated heterocycles. The number of hydrogen-bond acceptors (Lipinski definition) is 2. The summed E-state index contributed by atoms with van der Waals surface area (Å²) in [6.07, 6.45) is 1.70. The Bertz CT molecular complexity index is 168. The van der Waals surface area contributed by atoms with Crippen LogP contribution in [-0.2, 0) is 0 Å². The summed E-state index contributed by atoms with van der Waals surface area (Å²) in [5.41, 5.74) is 11.4. The number of H-pyrrole nitrogens is 1. The molecule has 42 valence electrons. The summed E-state index contributed by atoms with van der Waals surface area (Å²) in [5, 5.41) is 0. The second-order valence-electron chi connectivity index (χ2n) is 1.58. The van der Waals surface area contributed by atoms with Crippen molar-refractivity contribution in [1.29, 1.82) is 0 Å². The van der Waals surface area contributed by atoms with Gasteiger partial charge in [0.05, 0.1) is 12.3 Å². The number of pyridine rings is 1. The fourth-order valence-electron chi connectivity index (χ4n) is 0.503. The van der Waals surface area contributed by atoms with E-state index in [0.29, 0.717) is 11.5 Å². The Morgan fingerprint density at radius 2 is 2.12 bits per heavy atom. The van der Waals surface area contributed by atoms with Gasteiger partial charge in [-0.3, -0.25) is 5.73 Å². The summed E-state index contributed by atoms with van der Waals surface area (Å²) in [5.74, 6) is 0.588. The minimum atomic E-state index is 0.588. The Morgan fingerprint density at radius 1 is 1.38 bits per heavy atom. The van der Waals surface area contributed by atoms with Crippen LogP contribution >= 0.6 is 0 Å². The molecule has 1 aromatic rings. The highest BCUT2D eigenvalue weighted by Gasteiger charge is 1.88. The van der Waals surface area contributed by atoms with Crippen LogP contribution < -0.4 is 16.5 Å². The lowest BCUT2D eigenvalue weighted by Gasteiger charge is -1.85. The molecule has 0 aromatic carbocycles. The highest BCUT2D eigenvalue weighted by Crippen LogP contribution is 1.98. The average Bonchev–Trinajstić information content (AvgIpc) is 1.64. The molecule has 0 aliphatic rings. The minimum absolute atomic E-state index is 0.588. The Labute approximate surface area is 47.3 Å². The molecular weight excluding hydrogens is 102 g/mol. The minimum Gasteiger partial charge on any atom is -0.398 e. The lowest BCUT2D eigenvalue weighted by atomic mass is 10.4. The van der Waals surface area contributed by atoms with E-state index in [-0.39, 0.29) is 0 Å². The monoisotopic (exact) mass is 110 g/mol. The number of nitrogen functional groups attached to an aromatic ring is 2. The Balaban J connectivity index is 3.08. The van der Waals surface area contributed by atoms with Crippen LogP contribution in [0.5, 0.6) is 0 Å². The predicted molar refractivity (Wildman–Crippen MR) is 31.8 cm³/mol. The molecule has 0 atom stereocenters. The van der Waals surface area contributed by atoms with Crippen LogP contribution in [0.4, 0.5) is 11.5 Å². The quantitative estimate of drug-likeness (QED) is 0.480. The van der Waals surface area contributed by atoms with Crippen LogP contribution in [0.15, 0.2) is 18.3 Å². The van der Waals surface area contributed by atoms with Gasteiger partial charge in [-0.2, -0.15) is 0 Å². The van der Waals surface area contributed by atoms with Gasteiger partial charge in [-0.1, -0.05) is 0 Å². The molecule has 0 radical (unpaired) electrons. The standard InChI is InChI=1S/C5H7N3/c6-4-1-2-8-5(7)3-4/h1-3H,(H4,6,7,8)/p+1. The van der Waals surface area contributed by atoms with Gasteiger partial charge in [0.25, 0.3) is 5.82 Å². The summed E-state index contributed by atoms with van der Waals surface area (Å²) in [6, 6.07) is 3.41. The molecule has 1 heterocycles. The van der Waals surface area contributed by atoms with Gasteiger partial charge >= 0.3 is 0 Å². The number of rotatable bonds is 0. The van der Waals surface area contributed by atoms with Crippen LogP contribution in [0.3, 0.4) is 0 Å². The molecule has 5 N–H and O–H groups in total. The van der Waals surface area contributed by atoms with Crippen molar-refractivity contribution in [3.8, 4) is 0 Å². The smallest absolute Gasteiger partial charge is 0.272 e. The van der Waals surface area contributed by atoms with Crippen molar-refractivity contribution < 1.29 is 4.98 Å². The van der Waals surface area contributed by atoms with E-state index in [1.54, 1.807) is 18.3 Å². The Morgan fingerprint density at radius 3 is 2.50 bits per heavy atom. The fraction of sp³-hybridized carbons (Fsp3) is 0. The molecule has 8 heavy (non-hydrogen) atoms. The molecule has 1 rings (SSSR count). The summed E-state index contributed by atoms with van der Waals surface area (Å²) in [7, 11) is 0. The highest BCUT2D eigenvalue weighted by molar-refractivity contribution is 5.41. The van der Waals surface area contributed by atoms with E-state index in [2.05, 4.69) is 4.98 Å². The number of aromatic nitrogens is 1. The Kier molecular flexibility index (Phi) is 1.04. The average molecular weight is 110 g/mol. The molecule has 3 nitrogen and oxygen atoms in total.